The average molecular weight is 503 g/mol. The predicted molar refractivity (Wildman–Crippen MR) is 149 cm³/mol. The number of carbonyl (C=O) groups is 3. The number of benzene rings is 1. The number of hydrogen-bond donors (Lipinski definition) is 3. The summed E-state index contributed by atoms with van der Waals surface area (Å²) in [4.78, 5) is 31.9. The second kappa shape index (κ2) is 24.1. The van der Waals surface area contributed by atoms with Gasteiger partial charge < -0.3 is 16.6 Å². The van der Waals surface area contributed by atoms with Crippen molar-refractivity contribution in [2.24, 2.45) is 11.5 Å². The van der Waals surface area contributed by atoms with Crippen molar-refractivity contribution in [2.75, 3.05) is 0 Å². The van der Waals surface area contributed by atoms with E-state index in [4.69, 9.17) is 16.6 Å². The zero-order valence-electron chi connectivity index (χ0n) is 22.5. The Morgan fingerprint density at radius 3 is 1.36 bits per heavy atom. The van der Waals surface area contributed by atoms with Gasteiger partial charge in [-0.25, -0.2) is 0 Å². The van der Waals surface area contributed by atoms with Crippen molar-refractivity contribution in [2.45, 2.75) is 122 Å². The second-order valence-electron chi connectivity index (χ2n) is 9.42. The Morgan fingerprint density at radius 2 is 1.00 bits per heavy atom. The maximum absolute atomic E-state index is 10.7. The van der Waals surface area contributed by atoms with E-state index in [1.54, 1.807) is 12.1 Å². The first kappa shape index (κ1) is 33.4. The molecule has 204 valence electrons. The van der Waals surface area contributed by atoms with Crippen LogP contribution in [0.25, 0.3) is 0 Å². The van der Waals surface area contributed by atoms with Crippen LogP contribution in [0.5, 0.6) is 0 Å². The molecule has 0 aliphatic heterocycles. The topological polar surface area (TPSA) is 123 Å². The summed E-state index contributed by atoms with van der Waals surface area (Å²) in [6.07, 6.45) is 27.1. The summed E-state index contributed by atoms with van der Waals surface area (Å²) in [5.74, 6) is -1.95. The highest BCUT2D eigenvalue weighted by atomic mass is 16.4. The van der Waals surface area contributed by atoms with Crippen molar-refractivity contribution >= 4 is 17.8 Å². The van der Waals surface area contributed by atoms with E-state index in [-0.39, 0.29) is 11.1 Å². The summed E-state index contributed by atoms with van der Waals surface area (Å²) in [6.45, 7) is 2.27. The van der Waals surface area contributed by atoms with Gasteiger partial charge in [-0.15, -0.1) is 0 Å². The first-order chi connectivity index (χ1) is 17.4. The summed E-state index contributed by atoms with van der Waals surface area (Å²) in [5.41, 5.74) is 10.3. The van der Waals surface area contributed by atoms with Crippen LogP contribution in [0.1, 0.15) is 143 Å². The number of hydrogen-bond acceptors (Lipinski definition) is 3. The van der Waals surface area contributed by atoms with Crippen molar-refractivity contribution in [1.29, 1.82) is 0 Å². The lowest BCUT2D eigenvalue weighted by Crippen LogP contribution is -2.20. The molecule has 1 aromatic carbocycles. The van der Waals surface area contributed by atoms with Gasteiger partial charge in [0.25, 0.3) is 0 Å². The third kappa shape index (κ3) is 20.7. The molecule has 0 heterocycles. The summed E-state index contributed by atoms with van der Waals surface area (Å²) in [5, 5.41) is 8.55. The fourth-order valence-corrected chi connectivity index (χ4v) is 3.97. The molecule has 0 unspecified atom stereocenters. The molecule has 6 nitrogen and oxygen atoms in total. The van der Waals surface area contributed by atoms with Gasteiger partial charge in [0.15, 0.2) is 0 Å². The number of nitrogens with two attached hydrogens (primary N) is 2. The molecule has 1 aromatic rings. The molecule has 6 heteroatoms. The molecule has 0 aliphatic carbocycles. The lowest BCUT2D eigenvalue weighted by atomic mass is 10.1. The van der Waals surface area contributed by atoms with Gasteiger partial charge in [0.2, 0.25) is 11.8 Å². The Hall–Kier alpha value is -2.63. The predicted octanol–water partition coefficient (Wildman–Crippen LogP) is 7.55. The third-order valence-corrected chi connectivity index (χ3v) is 6.11. The molecule has 0 saturated carbocycles. The molecule has 0 spiro atoms. The lowest BCUT2D eigenvalue weighted by Gasteiger charge is -2.01. The standard InChI is InChI=1S/C22H42O2.C8H8N2O2/c1-2-3-4-5-6-7-8-9-10-11-12-13-14-15-16-17-18-19-20-21-22(23)24;9-7(11)5-3-1-2-4-6(5)8(10)12/h9-10H,2-8,11-21H2,1H3,(H,23,24);1-4H,(H2,9,11)(H2,10,12)/b10-9-;. The minimum Gasteiger partial charge on any atom is -0.481 e. The van der Waals surface area contributed by atoms with Gasteiger partial charge in [-0.1, -0.05) is 108 Å². The Balaban J connectivity index is 0.000000846. The fourth-order valence-electron chi connectivity index (χ4n) is 3.97. The molecule has 2 amide bonds. The van der Waals surface area contributed by atoms with Crippen LogP contribution < -0.4 is 11.5 Å². The molecule has 0 atom stereocenters. The zero-order chi connectivity index (χ0) is 26.9. The number of allylic oxidation sites excluding steroid dienone is 2. The SMILES string of the molecule is CCCCCCCC/C=C\CCCCCCCCCCCC(=O)O.NC(=O)c1ccccc1C(N)=O. The van der Waals surface area contributed by atoms with E-state index >= 15 is 0 Å². The number of primary amides is 2. The molecule has 0 bridgehead atoms. The van der Waals surface area contributed by atoms with Crippen LogP contribution in [-0.2, 0) is 4.79 Å². The molecule has 5 N–H and O–H groups in total. The van der Waals surface area contributed by atoms with E-state index in [1.807, 2.05) is 0 Å². The maximum Gasteiger partial charge on any atom is 0.303 e. The smallest absolute Gasteiger partial charge is 0.303 e. The molecular weight excluding hydrogens is 452 g/mol. The first-order valence-electron chi connectivity index (χ1n) is 14.0. The van der Waals surface area contributed by atoms with Crippen LogP contribution in [0.15, 0.2) is 36.4 Å². The van der Waals surface area contributed by atoms with Crippen molar-refractivity contribution in [3.05, 3.63) is 47.5 Å². The fraction of sp³-hybridized carbons (Fsp3) is 0.633. The van der Waals surface area contributed by atoms with Gasteiger partial charge in [-0.3, -0.25) is 14.4 Å². The van der Waals surface area contributed by atoms with Crippen molar-refractivity contribution in [3.63, 3.8) is 0 Å². The number of carboxylic acid groups (broad SMARTS) is 1. The molecular formula is C30H50N2O4. The largest absolute Gasteiger partial charge is 0.481 e. The second-order valence-corrected chi connectivity index (χ2v) is 9.42. The number of unbranched alkanes of at least 4 members (excludes halogenated alkanes) is 15. The number of carbonyl (C=O) groups excluding carboxylic acids is 2. The van der Waals surface area contributed by atoms with E-state index < -0.39 is 17.8 Å². The summed E-state index contributed by atoms with van der Waals surface area (Å²) in [7, 11) is 0. The Kier molecular flexibility index (Phi) is 22.3. The molecule has 0 fully saturated rings. The molecule has 1 rings (SSSR count). The Bertz CT molecular complexity index is 713. The highest BCUT2D eigenvalue weighted by Gasteiger charge is 2.10. The van der Waals surface area contributed by atoms with Gasteiger partial charge >= 0.3 is 5.97 Å². The average Bonchev–Trinajstić information content (AvgIpc) is 2.85. The molecule has 0 aromatic heterocycles. The number of rotatable bonds is 21. The molecule has 36 heavy (non-hydrogen) atoms. The van der Waals surface area contributed by atoms with E-state index in [9.17, 15) is 14.4 Å². The molecule has 0 radical (unpaired) electrons. The van der Waals surface area contributed by atoms with E-state index in [0.717, 1.165) is 12.8 Å². The lowest BCUT2D eigenvalue weighted by molar-refractivity contribution is -0.137. The quantitative estimate of drug-likeness (QED) is 0.118. The number of amides is 2. The van der Waals surface area contributed by atoms with Gasteiger partial charge in [-0.2, -0.15) is 0 Å². The summed E-state index contributed by atoms with van der Waals surface area (Å²) < 4.78 is 0. The van der Waals surface area contributed by atoms with Crippen LogP contribution in [0, 0.1) is 0 Å². The van der Waals surface area contributed by atoms with Crippen molar-refractivity contribution in [1.82, 2.24) is 0 Å². The highest BCUT2D eigenvalue weighted by molar-refractivity contribution is 6.06. The zero-order valence-corrected chi connectivity index (χ0v) is 22.5. The van der Waals surface area contributed by atoms with E-state index in [1.165, 1.54) is 108 Å². The van der Waals surface area contributed by atoms with Gasteiger partial charge in [0.05, 0.1) is 11.1 Å². The van der Waals surface area contributed by atoms with Crippen LogP contribution in [0.3, 0.4) is 0 Å². The minimum absolute atomic E-state index is 0.157. The monoisotopic (exact) mass is 502 g/mol. The Morgan fingerprint density at radius 1 is 0.639 bits per heavy atom. The number of aliphatic carboxylic acids is 1. The van der Waals surface area contributed by atoms with E-state index in [2.05, 4.69) is 19.1 Å². The van der Waals surface area contributed by atoms with Crippen LogP contribution in [0.4, 0.5) is 0 Å². The van der Waals surface area contributed by atoms with Gasteiger partial charge in [-0.05, 0) is 44.2 Å². The summed E-state index contributed by atoms with van der Waals surface area (Å²) >= 11 is 0. The highest BCUT2D eigenvalue weighted by Crippen LogP contribution is 2.12. The van der Waals surface area contributed by atoms with Crippen molar-refractivity contribution < 1.29 is 19.5 Å². The van der Waals surface area contributed by atoms with E-state index in [0.29, 0.717) is 6.42 Å². The molecule has 0 saturated heterocycles. The van der Waals surface area contributed by atoms with Gasteiger partial charge in [0.1, 0.15) is 0 Å². The Labute approximate surface area is 218 Å². The van der Waals surface area contributed by atoms with Crippen LogP contribution in [0.2, 0.25) is 0 Å². The first-order valence-corrected chi connectivity index (χ1v) is 14.0. The van der Waals surface area contributed by atoms with Gasteiger partial charge in [0, 0.05) is 6.42 Å². The normalized spacial score (nSPS) is 10.7. The minimum atomic E-state index is -0.656. The maximum atomic E-state index is 10.7. The van der Waals surface area contributed by atoms with Crippen LogP contribution >= 0.6 is 0 Å². The molecule has 0 aliphatic rings. The number of carboxylic acids is 1. The van der Waals surface area contributed by atoms with Crippen molar-refractivity contribution in [3.8, 4) is 0 Å². The third-order valence-electron chi connectivity index (χ3n) is 6.11. The summed E-state index contributed by atoms with van der Waals surface area (Å²) in [6, 6.07) is 6.16. The van der Waals surface area contributed by atoms with Crippen LogP contribution in [-0.4, -0.2) is 22.9 Å².